The Morgan fingerprint density at radius 3 is 2.38 bits per heavy atom. The van der Waals surface area contributed by atoms with Gasteiger partial charge in [0.1, 0.15) is 5.60 Å². The molecule has 2 heteroatoms. The van der Waals surface area contributed by atoms with E-state index in [0.717, 1.165) is 18.4 Å². The van der Waals surface area contributed by atoms with Gasteiger partial charge in [-0.15, -0.1) is 0 Å². The number of carbonyl (C=O) groups is 1. The van der Waals surface area contributed by atoms with Gasteiger partial charge in [0.2, 0.25) is 0 Å². The summed E-state index contributed by atoms with van der Waals surface area (Å²) in [5.74, 6) is 0. The summed E-state index contributed by atoms with van der Waals surface area (Å²) >= 11 is 0. The molecule has 0 saturated heterocycles. The highest BCUT2D eigenvalue weighted by molar-refractivity contribution is 5.42. The lowest BCUT2D eigenvalue weighted by Gasteiger charge is -2.13. The molecule has 0 aliphatic heterocycles. The highest BCUT2D eigenvalue weighted by atomic mass is 16.5. The first-order valence-corrected chi connectivity index (χ1v) is 4.45. The third-order valence-corrected chi connectivity index (χ3v) is 2.56. The average Bonchev–Trinajstić information content (AvgIpc) is 2.87. The molecule has 0 heterocycles. The van der Waals surface area contributed by atoms with Crippen LogP contribution in [0.25, 0.3) is 0 Å². The molecule has 68 valence electrons. The molecule has 0 atom stereocenters. The van der Waals surface area contributed by atoms with E-state index in [2.05, 4.69) is 0 Å². The second-order valence-corrected chi connectivity index (χ2v) is 3.57. The molecule has 2 rings (SSSR count). The van der Waals surface area contributed by atoms with Gasteiger partial charge >= 0.3 is 0 Å². The Bertz CT molecular complexity index is 309. The minimum atomic E-state index is -0.282. The van der Waals surface area contributed by atoms with E-state index in [9.17, 15) is 4.79 Å². The van der Waals surface area contributed by atoms with Crippen molar-refractivity contribution in [3.05, 3.63) is 35.4 Å². The van der Waals surface area contributed by atoms with Crippen LogP contribution < -0.4 is 0 Å². The minimum Gasteiger partial charge on any atom is -0.456 e. The SMILES string of the molecule is Cc1ccc(C2(OC=O)CC2)cc1. The zero-order valence-electron chi connectivity index (χ0n) is 7.62. The van der Waals surface area contributed by atoms with Crippen molar-refractivity contribution in [3.63, 3.8) is 0 Å². The lowest BCUT2D eigenvalue weighted by atomic mass is 10.1. The third-order valence-electron chi connectivity index (χ3n) is 2.56. The molecule has 13 heavy (non-hydrogen) atoms. The maximum Gasteiger partial charge on any atom is 0.293 e. The van der Waals surface area contributed by atoms with Crippen LogP contribution in [0.15, 0.2) is 24.3 Å². The highest BCUT2D eigenvalue weighted by Gasteiger charge is 2.46. The Hall–Kier alpha value is -1.31. The molecule has 0 amide bonds. The van der Waals surface area contributed by atoms with Crippen LogP contribution in [0.2, 0.25) is 0 Å². The molecule has 1 saturated carbocycles. The second-order valence-electron chi connectivity index (χ2n) is 3.57. The van der Waals surface area contributed by atoms with Crippen LogP contribution >= 0.6 is 0 Å². The molecule has 0 bridgehead atoms. The normalized spacial score (nSPS) is 17.9. The largest absolute Gasteiger partial charge is 0.456 e. The molecule has 1 aromatic rings. The van der Waals surface area contributed by atoms with Gasteiger partial charge in [-0.25, -0.2) is 0 Å². The first-order chi connectivity index (χ1) is 6.27. The van der Waals surface area contributed by atoms with Crippen molar-refractivity contribution in [1.82, 2.24) is 0 Å². The minimum absolute atomic E-state index is 0.282. The molecule has 1 aliphatic carbocycles. The van der Waals surface area contributed by atoms with Crippen molar-refractivity contribution in [2.24, 2.45) is 0 Å². The highest BCUT2D eigenvalue weighted by Crippen LogP contribution is 2.48. The van der Waals surface area contributed by atoms with Crippen molar-refractivity contribution < 1.29 is 9.53 Å². The van der Waals surface area contributed by atoms with Crippen LogP contribution in [-0.2, 0) is 15.1 Å². The first-order valence-electron chi connectivity index (χ1n) is 4.45. The van der Waals surface area contributed by atoms with E-state index >= 15 is 0 Å². The molecule has 0 N–H and O–H groups in total. The van der Waals surface area contributed by atoms with Crippen molar-refractivity contribution in [1.29, 1.82) is 0 Å². The fourth-order valence-electron chi connectivity index (χ4n) is 1.54. The Kier molecular flexibility index (Phi) is 1.83. The molecule has 2 nitrogen and oxygen atoms in total. The molecule has 0 unspecified atom stereocenters. The van der Waals surface area contributed by atoms with Crippen LogP contribution in [-0.4, -0.2) is 6.47 Å². The van der Waals surface area contributed by atoms with Gasteiger partial charge in [0.05, 0.1) is 0 Å². The molecule has 1 aromatic carbocycles. The first kappa shape index (κ1) is 8.30. The Morgan fingerprint density at radius 2 is 1.92 bits per heavy atom. The Morgan fingerprint density at radius 1 is 1.31 bits per heavy atom. The predicted octanol–water partition coefficient (Wildman–Crippen LogP) is 2.16. The van der Waals surface area contributed by atoms with Gasteiger partial charge in [-0.2, -0.15) is 0 Å². The van der Waals surface area contributed by atoms with Gasteiger partial charge in [0.25, 0.3) is 6.47 Å². The van der Waals surface area contributed by atoms with Gasteiger partial charge < -0.3 is 4.74 Å². The van der Waals surface area contributed by atoms with Crippen molar-refractivity contribution >= 4 is 6.47 Å². The van der Waals surface area contributed by atoms with Crippen LogP contribution in [0.3, 0.4) is 0 Å². The Balaban J connectivity index is 2.25. The quantitative estimate of drug-likeness (QED) is 0.660. The average molecular weight is 176 g/mol. The van der Waals surface area contributed by atoms with Gasteiger partial charge in [0, 0.05) is 0 Å². The fourth-order valence-corrected chi connectivity index (χ4v) is 1.54. The lowest BCUT2D eigenvalue weighted by Crippen LogP contribution is -2.10. The second kappa shape index (κ2) is 2.87. The van der Waals surface area contributed by atoms with Crippen LogP contribution in [0.5, 0.6) is 0 Å². The van der Waals surface area contributed by atoms with E-state index in [4.69, 9.17) is 4.74 Å². The Labute approximate surface area is 77.5 Å². The summed E-state index contributed by atoms with van der Waals surface area (Å²) < 4.78 is 5.09. The molecular weight excluding hydrogens is 164 g/mol. The van der Waals surface area contributed by atoms with Gasteiger partial charge in [-0.3, -0.25) is 4.79 Å². The van der Waals surface area contributed by atoms with Crippen LogP contribution in [0, 0.1) is 6.92 Å². The van der Waals surface area contributed by atoms with Crippen LogP contribution in [0.1, 0.15) is 24.0 Å². The number of hydrogen-bond donors (Lipinski definition) is 0. The van der Waals surface area contributed by atoms with Gasteiger partial charge in [-0.1, -0.05) is 29.8 Å². The maximum atomic E-state index is 10.3. The van der Waals surface area contributed by atoms with E-state index in [0.29, 0.717) is 6.47 Å². The van der Waals surface area contributed by atoms with E-state index in [1.165, 1.54) is 5.56 Å². The summed E-state index contributed by atoms with van der Waals surface area (Å²) in [7, 11) is 0. The number of ether oxygens (including phenoxy) is 1. The number of rotatable bonds is 3. The molecule has 0 radical (unpaired) electrons. The number of benzene rings is 1. The van der Waals surface area contributed by atoms with E-state index < -0.39 is 0 Å². The molecule has 1 aliphatic rings. The van der Waals surface area contributed by atoms with Gasteiger partial charge in [0.15, 0.2) is 0 Å². The molecule has 1 fully saturated rings. The molecular formula is C11H12O2. The summed E-state index contributed by atoms with van der Waals surface area (Å²) in [6.45, 7) is 2.59. The van der Waals surface area contributed by atoms with E-state index in [-0.39, 0.29) is 5.60 Å². The molecule has 0 aromatic heterocycles. The number of aryl methyl sites for hydroxylation is 1. The maximum absolute atomic E-state index is 10.3. The van der Waals surface area contributed by atoms with Crippen molar-refractivity contribution in [3.8, 4) is 0 Å². The summed E-state index contributed by atoms with van der Waals surface area (Å²) in [6, 6.07) is 8.16. The predicted molar refractivity (Wildman–Crippen MR) is 49.2 cm³/mol. The van der Waals surface area contributed by atoms with E-state index in [1.807, 2.05) is 31.2 Å². The zero-order chi connectivity index (χ0) is 9.31. The monoisotopic (exact) mass is 176 g/mol. The standard InChI is InChI=1S/C11H12O2/c1-9-2-4-10(5-3-9)11(6-7-11)13-8-12/h2-5,8H,6-7H2,1H3. The topological polar surface area (TPSA) is 26.3 Å². The third kappa shape index (κ3) is 1.44. The summed E-state index contributed by atoms with van der Waals surface area (Å²) in [4.78, 5) is 10.3. The summed E-state index contributed by atoms with van der Waals surface area (Å²) in [5.41, 5.74) is 2.06. The van der Waals surface area contributed by atoms with E-state index in [1.54, 1.807) is 0 Å². The van der Waals surface area contributed by atoms with Crippen LogP contribution in [0.4, 0.5) is 0 Å². The number of hydrogen-bond acceptors (Lipinski definition) is 2. The van der Waals surface area contributed by atoms with Gasteiger partial charge in [-0.05, 0) is 25.3 Å². The fraction of sp³-hybridized carbons (Fsp3) is 0.364. The smallest absolute Gasteiger partial charge is 0.293 e. The summed E-state index contributed by atoms with van der Waals surface area (Å²) in [6.07, 6.45) is 1.91. The summed E-state index contributed by atoms with van der Waals surface area (Å²) in [5, 5.41) is 0. The van der Waals surface area contributed by atoms with Crippen molar-refractivity contribution in [2.75, 3.05) is 0 Å². The number of carbonyl (C=O) groups excluding carboxylic acids is 1. The van der Waals surface area contributed by atoms with Crippen molar-refractivity contribution in [2.45, 2.75) is 25.4 Å². The zero-order valence-corrected chi connectivity index (χ0v) is 7.62. The lowest BCUT2D eigenvalue weighted by molar-refractivity contribution is -0.136. The molecule has 0 spiro atoms.